The molecule has 2 heterocycles. The van der Waals surface area contributed by atoms with Crippen LogP contribution in [0.3, 0.4) is 0 Å². The largest absolute Gasteiger partial charge is 0.480 e. The average Bonchev–Trinajstić information content (AvgIpc) is 3.17. The first-order chi connectivity index (χ1) is 25.9. The molecule has 1 aliphatic heterocycles. The molecule has 1 fully saturated rings. The summed E-state index contributed by atoms with van der Waals surface area (Å²) in [6.07, 6.45) is 10.8. The number of aromatic nitrogens is 2. The fourth-order valence-electron chi connectivity index (χ4n) is 6.43. The van der Waals surface area contributed by atoms with Gasteiger partial charge in [-0.3, -0.25) is 33.8 Å². The van der Waals surface area contributed by atoms with Crippen molar-refractivity contribution in [2.24, 2.45) is 5.92 Å². The Morgan fingerprint density at radius 1 is 0.907 bits per heavy atom. The molecule has 290 valence electrons. The lowest BCUT2D eigenvalue weighted by Crippen LogP contribution is -2.58. The number of amides is 6. The Labute approximate surface area is 312 Å². The molecule has 4 rings (SSSR count). The van der Waals surface area contributed by atoms with Crippen LogP contribution in [-0.2, 0) is 35.2 Å². The minimum atomic E-state index is -1.43. The summed E-state index contributed by atoms with van der Waals surface area (Å²) >= 11 is 0. The molecule has 6 N–H and O–H groups in total. The van der Waals surface area contributed by atoms with E-state index in [4.69, 9.17) is 0 Å². The Bertz CT molecular complexity index is 1670. The molecule has 0 spiro atoms. The van der Waals surface area contributed by atoms with Crippen LogP contribution in [0, 0.1) is 11.7 Å². The van der Waals surface area contributed by atoms with Crippen LogP contribution in [0.4, 0.5) is 4.39 Å². The van der Waals surface area contributed by atoms with E-state index in [0.717, 1.165) is 44.3 Å². The summed E-state index contributed by atoms with van der Waals surface area (Å²) in [6.45, 7) is -0.121. The molecule has 54 heavy (non-hydrogen) atoms. The fraction of sp³-hybridized carbons (Fsp3) is 0.486. The van der Waals surface area contributed by atoms with Gasteiger partial charge in [0.15, 0.2) is 0 Å². The van der Waals surface area contributed by atoms with E-state index in [9.17, 15) is 43.1 Å². The van der Waals surface area contributed by atoms with Crippen LogP contribution < -0.4 is 26.6 Å². The zero-order valence-corrected chi connectivity index (χ0v) is 30.1. The summed E-state index contributed by atoms with van der Waals surface area (Å²) in [7, 11) is 1.41. The number of carbonyl (C=O) groups is 7. The molecular formula is C37H47FN8O8. The maximum Gasteiger partial charge on any atom is 0.326 e. The van der Waals surface area contributed by atoms with E-state index in [1.807, 2.05) is 0 Å². The van der Waals surface area contributed by atoms with Crippen molar-refractivity contribution in [3.63, 3.8) is 0 Å². The summed E-state index contributed by atoms with van der Waals surface area (Å²) in [5.74, 6) is -5.86. The Kier molecular flexibility index (Phi) is 15.6. The van der Waals surface area contributed by atoms with Crippen LogP contribution in [0.1, 0.15) is 73.8 Å². The van der Waals surface area contributed by atoms with Crippen molar-refractivity contribution in [1.29, 1.82) is 0 Å². The van der Waals surface area contributed by atoms with Crippen molar-refractivity contribution in [2.75, 3.05) is 20.1 Å². The molecule has 16 nitrogen and oxygen atoms in total. The lowest BCUT2D eigenvalue weighted by Gasteiger charge is -2.33. The smallest absolute Gasteiger partial charge is 0.326 e. The normalized spacial score (nSPS) is 23.1. The standard InChI is InChI=1S/C37H47FN8O8/c1-46-30(21-23-6-3-2-4-7-23)36(52)45-28(20-24-9-11-25(38)12-10-24)35(51)44-26(8-5-16-41-34(50)29-22-39-18-19-40-29)33(49)42-17-15-27(37(53)54)43-31(47)13-14-32(46)48/h9-14,18-19,22-23,26-28,30H,2-8,15-17,20-21H2,1H3,(H,41,50)(H,42,49)(H,43,47)(H,44,51)(H,45,52)(H,53,54)/b14-13-/t26-,27-,28-,30-/m0/s1. The SMILES string of the molecule is CN1C(=O)/C=C\C(=O)N[C@H](C(=O)O)CCNC(=O)[C@H](CCCNC(=O)c2cnccn2)NC(=O)[C@H](Cc2ccc(F)cc2)NC(=O)[C@@H]1CC1CCCCC1. The van der Waals surface area contributed by atoms with Gasteiger partial charge in [0.1, 0.15) is 35.7 Å². The molecule has 2 aliphatic rings. The first-order valence-corrected chi connectivity index (χ1v) is 18.1. The van der Waals surface area contributed by atoms with Crippen LogP contribution >= 0.6 is 0 Å². The number of nitrogens with zero attached hydrogens (tertiary/aromatic N) is 3. The molecule has 1 aromatic carbocycles. The lowest BCUT2D eigenvalue weighted by atomic mass is 9.84. The highest BCUT2D eigenvalue weighted by atomic mass is 19.1. The average molecular weight is 751 g/mol. The molecule has 0 saturated heterocycles. The van der Waals surface area contributed by atoms with Crippen LogP contribution in [-0.4, -0.2) is 106 Å². The highest BCUT2D eigenvalue weighted by molar-refractivity contribution is 6.00. The Morgan fingerprint density at radius 2 is 1.63 bits per heavy atom. The molecule has 0 unspecified atom stereocenters. The van der Waals surface area contributed by atoms with Gasteiger partial charge in [-0.25, -0.2) is 14.2 Å². The predicted octanol–water partition coefficient (Wildman–Crippen LogP) is 0.781. The Hall–Kier alpha value is -5.74. The molecule has 1 aliphatic carbocycles. The highest BCUT2D eigenvalue weighted by Crippen LogP contribution is 2.29. The number of benzene rings is 1. The number of nitrogens with one attached hydrogen (secondary N) is 5. The van der Waals surface area contributed by atoms with Gasteiger partial charge in [0.2, 0.25) is 29.5 Å². The first-order valence-electron chi connectivity index (χ1n) is 18.1. The fourth-order valence-corrected chi connectivity index (χ4v) is 6.43. The summed E-state index contributed by atoms with van der Waals surface area (Å²) in [5.41, 5.74) is 0.595. The molecule has 2 aromatic rings. The van der Waals surface area contributed by atoms with Crippen molar-refractivity contribution in [1.82, 2.24) is 41.5 Å². The van der Waals surface area contributed by atoms with Gasteiger partial charge in [-0.15, -0.1) is 0 Å². The second-order valence-electron chi connectivity index (χ2n) is 13.5. The van der Waals surface area contributed by atoms with Gasteiger partial charge in [0.25, 0.3) is 5.91 Å². The molecule has 17 heteroatoms. The summed E-state index contributed by atoms with van der Waals surface area (Å²) < 4.78 is 13.8. The van der Waals surface area contributed by atoms with Crippen LogP contribution in [0.2, 0.25) is 0 Å². The first kappa shape index (κ1) is 41.0. The number of aliphatic carboxylic acids is 1. The lowest BCUT2D eigenvalue weighted by molar-refractivity contribution is -0.141. The second kappa shape index (κ2) is 20.5. The second-order valence-corrected chi connectivity index (χ2v) is 13.5. The molecule has 1 aromatic heterocycles. The molecule has 0 bridgehead atoms. The van der Waals surface area contributed by atoms with Gasteiger partial charge in [-0.2, -0.15) is 0 Å². The topological polar surface area (TPSA) is 229 Å². The molecule has 1 saturated carbocycles. The van der Waals surface area contributed by atoms with E-state index in [-0.39, 0.29) is 56.8 Å². The monoisotopic (exact) mass is 750 g/mol. The van der Waals surface area contributed by atoms with Crippen molar-refractivity contribution in [3.05, 3.63) is 72.1 Å². The van der Waals surface area contributed by atoms with Gasteiger partial charge in [0.05, 0.1) is 6.20 Å². The summed E-state index contributed by atoms with van der Waals surface area (Å²) in [6, 6.07) is 0.397. The molecular weight excluding hydrogens is 703 g/mol. The van der Waals surface area contributed by atoms with Gasteiger partial charge in [0, 0.05) is 51.1 Å². The number of likely N-dealkylation sites (N-methyl/N-ethyl adjacent to an activating group) is 1. The number of carboxylic acid groups (broad SMARTS) is 1. The number of rotatable bonds is 10. The third kappa shape index (κ3) is 12.7. The van der Waals surface area contributed by atoms with E-state index >= 15 is 0 Å². The minimum absolute atomic E-state index is 0.0149. The van der Waals surface area contributed by atoms with Gasteiger partial charge < -0.3 is 36.6 Å². The Balaban J connectivity index is 1.63. The van der Waals surface area contributed by atoms with Crippen molar-refractivity contribution < 1.29 is 43.1 Å². The van der Waals surface area contributed by atoms with Crippen LogP contribution in [0.25, 0.3) is 0 Å². The predicted molar refractivity (Wildman–Crippen MR) is 192 cm³/mol. The van der Waals surface area contributed by atoms with E-state index in [1.165, 1.54) is 54.8 Å². The van der Waals surface area contributed by atoms with Crippen molar-refractivity contribution in [2.45, 2.75) is 88.4 Å². The number of carbonyl (C=O) groups excluding carboxylic acids is 6. The highest BCUT2D eigenvalue weighted by Gasteiger charge is 2.34. The van der Waals surface area contributed by atoms with Crippen LogP contribution in [0.15, 0.2) is 55.0 Å². The van der Waals surface area contributed by atoms with Crippen LogP contribution in [0.5, 0.6) is 0 Å². The number of halogens is 1. The van der Waals surface area contributed by atoms with Gasteiger partial charge in [-0.05, 0) is 49.3 Å². The maximum absolute atomic E-state index is 14.1. The third-order valence-electron chi connectivity index (χ3n) is 9.49. The van der Waals surface area contributed by atoms with E-state index in [0.29, 0.717) is 5.56 Å². The molecule has 4 atom stereocenters. The van der Waals surface area contributed by atoms with Gasteiger partial charge in [-0.1, -0.05) is 44.2 Å². The number of carboxylic acids is 1. The maximum atomic E-state index is 14.1. The van der Waals surface area contributed by atoms with E-state index in [2.05, 4.69) is 36.6 Å². The molecule has 0 radical (unpaired) electrons. The van der Waals surface area contributed by atoms with Gasteiger partial charge >= 0.3 is 5.97 Å². The van der Waals surface area contributed by atoms with E-state index in [1.54, 1.807) is 0 Å². The zero-order valence-electron chi connectivity index (χ0n) is 30.1. The quantitative estimate of drug-likeness (QED) is 0.187. The third-order valence-corrected chi connectivity index (χ3v) is 9.49. The Morgan fingerprint density at radius 3 is 2.31 bits per heavy atom. The van der Waals surface area contributed by atoms with Crippen molar-refractivity contribution in [3.8, 4) is 0 Å². The summed E-state index contributed by atoms with van der Waals surface area (Å²) in [4.78, 5) is 101. The van der Waals surface area contributed by atoms with E-state index < -0.39 is 71.4 Å². The minimum Gasteiger partial charge on any atom is -0.480 e. The summed E-state index contributed by atoms with van der Waals surface area (Å²) in [5, 5.41) is 22.8. The number of hydrogen-bond donors (Lipinski definition) is 6. The van der Waals surface area contributed by atoms with Crippen molar-refractivity contribution >= 4 is 41.4 Å². The number of hydrogen-bond acceptors (Lipinski definition) is 9. The zero-order chi connectivity index (χ0) is 39.0. The molecule has 6 amide bonds.